The molecule has 0 unspecified atom stereocenters. The SMILES string of the molecule is CCCNC(=O)c1ncn2c1C(=O)N(C1CC1)[C@@](C)(C(=O)NCc1ccccc1OC)C2. The zero-order chi connectivity index (χ0) is 22.9. The average Bonchev–Trinajstić information content (AvgIpc) is 3.53. The van der Waals surface area contributed by atoms with Gasteiger partial charge in [-0.15, -0.1) is 0 Å². The maximum atomic E-state index is 13.5. The van der Waals surface area contributed by atoms with Gasteiger partial charge in [-0.3, -0.25) is 14.4 Å². The fourth-order valence-corrected chi connectivity index (χ4v) is 4.26. The van der Waals surface area contributed by atoms with Crippen LogP contribution in [0.2, 0.25) is 0 Å². The van der Waals surface area contributed by atoms with Crippen molar-refractivity contribution in [2.24, 2.45) is 0 Å². The standard InChI is InChI=1S/C23H29N5O4/c1-4-11-24-20(29)18-19-21(30)28(16-9-10-16)23(2,13-27(19)14-26-18)22(31)25-12-15-7-5-6-8-17(15)32-3/h5-8,14,16H,4,9-13H2,1-3H3,(H,24,29)(H,25,31)/t23-/m1/s1. The Morgan fingerprint density at radius 1 is 1.25 bits per heavy atom. The Labute approximate surface area is 187 Å². The second kappa shape index (κ2) is 8.64. The van der Waals surface area contributed by atoms with Gasteiger partial charge in [0, 0.05) is 24.7 Å². The number of carbonyl (C=O) groups is 3. The summed E-state index contributed by atoms with van der Waals surface area (Å²) < 4.78 is 7.00. The van der Waals surface area contributed by atoms with Crippen molar-refractivity contribution < 1.29 is 19.1 Å². The Balaban J connectivity index is 1.60. The van der Waals surface area contributed by atoms with E-state index in [2.05, 4.69) is 15.6 Å². The van der Waals surface area contributed by atoms with Gasteiger partial charge < -0.3 is 24.8 Å². The first-order chi connectivity index (χ1) is 15.4. The van der Waals surface area contributed by atoms with E-state index in [1.54, 1.807) is 23.5 Å². The molecule has 2 heterocycles. The zero-order valence-electron chi connectivity index (χ0n) is 18.7. The maximum Gasteiger partial charge on any atom is 0.274 e. The van der Waals surface area contributed by atoms with E-state index >= 15 is 0 Å². The lowest BCUT2D eigenvalue weighted by molar-refractivity contribution is -0.133. The molecule has 4 rings (SSSR count). The number of aromatic nitrogens is 2. The van der Waals surface area contributed by atoms with Crippen LogP contribution in [0.1, 0.15) is 59.7 Å². The van der Waals surface area contributed by atoms with Crippen molar-refractivity contribution in [1.82, 2.24) is 25.1 Å². The molecule has 0 spiro atoms. The van der Waals surface area contributed by atoms with E-state index in [1.165, 1.54) is 6.33 Å². The lowest BCUT2D eigenvalue weighted by Gasteiger charge is -2.44. The van der Waals surface area contributed by atoms with Crippen LogP contribution in [-0.4, -0.2) is 57.4 Å². The fourth-order valence-electron chi connectivity index (χ4n) is 4.26. The second-order valence-electron chi connectivity index (χ2n) is 8.50. The quantitative estimate of drug-likeness (QED) is 0.652. The lowest BCUT2D eigenvalue weighted by Crippen LogP contribution is -2.64. The van der Waals surface area contributed by atoms with Crippen LogP contribution in [0.25, 0.3) is 0 Å². The van der Waals surface area contributed by atoms with E-state index in [4.69, 9.17) is 4.74 Å². The van der Waals surface area contributed by atoms with Gasteiger partial charge in [0.1, 0.15) is 17.0 Å². The molecule has 2 N–H and O–H groups in total. The predicted molar refractivity (Wildman–Crippen MR) is 117 cm³/mol. The summed E-state index contributed by atoms with van der Waals surface area (Å²) >= 11 is 0. The molecule has 32 heavy (non-hydrogen) atoms. The molecule has 2 aromatic rings. The summed E-state index contributed by atoms with van der Waals surface area (Å²) in [6, 6.07) is 7.47. The van der Waals surface area contributed by atoms with Crippen LogP contribution >= 0.6 is 0 Å². The number of ether oxygens (including phenoxy) is 1. The highest BCUT2D eigenvalue weighted by Gasteiger charge is 2.53. The second-order valence-corrected chi connectivity index (χ2v) is 8.50. The summed E-state index contributed by atoms with van der Waals surface area (Å²) in [5.74, 6) is -0.252. The molecule has 1 fully saturated rings. The number of para-hydroxylation sites is 1. The molecule has 0 bridgehead atoms. The van der Waals surface area contributed by atoms with Crippen molar-refractivity contribution >= 4 is 17.7 Å². The van der Waals surface area contributed by atoms with Crippen molar-refractivity contribution in [3.05, 3.63) is 47.5 Å². The first-order valence-electron chi connectivity index (χ1n) is 11.0. The number of carbonyl (C=O) groups excluding carboxylic acids is 3. The molecule has 1 aromatic carbocycles. The molecule has 9 nitrogen and oxygen atoms in total. The van der Waals surface area contributed by atoms with Gasteiger partial charge in [-0.2, -0.15) is 0 Å². The summed E-state index contributed by atoms with van der Waals surface area (Å²) in [4.78, 5) is 45.4. The van der Waals surface area contributed by atoms with Crippen molar-refractivity contribution in [2.45, 2.75) is 57.8 Å². The van der Waals surface area contributed by atoms with E-state index in [1.807, 2.05) is 31.2 Å². The highest BCUT2D eigenvalue weighted by atomic mass is 16.5. The van der Waals surface area contributed by atoms with E-state index in [-0.39, 0.29) is 48.2 Å². The van der Waals surface area contributed by atoms with Crippen molar-refractivity contribution in [1.29, 1.82) is 0 Å². The van der Waals surface area contributed by atoms with Crippen LogP contribution in [-0.2, 0) is 17.9 Å². The Morgan fingerprint density at radius 3 is 2.69 bits per heavy atom. The van der Waals surface area contributed by atoms with Crippen LogP contribution < -0.4 is 15.4 Å². The monoisotopic (exact) mass is 439 g/mol. The van der Waals surface area contributed by atoms with Crippen LogP contribution in [0.3, 0.4) is 0 Å². The van der Waals surface area contributed by atoms with Gasteiger partial charge in [0.05, 0.1) is 20.0 Å². The minimum absolute atomic E-state index is 0.0142. The van der Waals surface area contributed by atoms with Gasteiger partial charge >= 0.3 is 0 Å². The van der Waals surface area contributed by atoms with Gasteiger partial charge in [0.2, 0.25) is 5.91 Å². The lowest BCUT2D eigenvalue weighted by atomic mass is 9.93. The number of fused-ring (bicyclic) bond motifs is 1. The van der Waals surface area contributed by atoms with E-state index in [0.29, 0.717) is 12.3 Å². The largest absolute Gasteiger partial charge is 0.496 e. The third-order valence-corrected chi connectivity index (χ3v) is 6.05. The third-order valence-electron chi connectivity index (χ3n) is 6.05. The molecule has 1 aliphatic heterocycles. The number of methoxy groups -OCH3 is 1. The number of amides is 3. The fraction of sp³-hybridized carbons (Fsp3) is 0.478. The third kappa shape index (κ3) is 3.83. The summed E-state index contributed by atoms with van der Waals surface area (Å²) in [5, 5.41) is 5.76. The van der Waals surface area contributed by atoms with Gasteiger partial charge in [-0.05, 0) is 32.3 Å². The molecule has 1 aromatic heterocycles. The summed E-state index contributed by atoms with van der Waals surface area (Å²) in [6.45, 7) is 4.76. The number of nitrogens with zero attached hydrogens (tertiary/aromatic N) is 3. The Bertz CT molecular complexity index is 1040. The van der Waals surface area contributed by atoms with Crippen molar-refractivity contribution in [3.63, 3.8) is 0 Å². The van der Waals surface area contributed by atoms with Gasteiger partial charge in [0.25, 0.3) is 11.8 Å². The van der Waals surface area contributed by atoms with E-state index < -0.39 is 5.54 Å². The van der Waals surface area contributed by atoms with Crippen molar-refractivity contribution in [3.8, 4) is 5.75 Å². The molecule has 1 aliphatic carbocycles. The summed E-state index contributed by atoms with van der Waals surface area (Å²) in [5.41, 5.74) is 0.127. The topological polar surface area (TPSA) is 106 Å². The normalized spacial score (nSPS) is 20.0. The minimum Gasteiger partial charge on any atom is -0.496 e. The number of imidazole rings is 1. The smallest absolute Gasteiger partial charge is 0.274 e. The van der Waals surface area contributed by atoms with Crippen LogP contribution in [0.5, 0.6) is 5.75 Å². The molecule has 170 valence electrons. The molecule has 1 saturated carbocycles. The molecule has 0 radical (unpaired) electrons. The van der Waals surface area contributed by atoms with Crippen LogP contribution in [0, 0.1) is 0 Å². The molecule has 9 heteroatoms. The predicted octanol–water partition coefficient (Wildman–Crippen LogP) is 1.72. The Kier molecular flexibility index (Phi) is 5.90. The number of benzene rings is 1. The van der Waals surface area contributed by atoms with Gasteiger partial charge in [-0.1, -0.05) is 25.1 Å². The van der Waals surface area contributed by atoms with E-state index in [0.717, 1.165) is 24.8 Å². The van der Waals surface area contributed by atoms with Crippen LogP contribution in [0.15, 0.2) is 30.6 Å². The number of hydrogen-bond donors (Lipinski definition) is 2. The first-order valence-corrected chi connectivity index (χ1v) is 11.0. The first kappa shape index (κ1) is 21.9. The average molecular weight is 440 g/mol. The Morgan fingerprint density at radius 2 is 2.00 bits per heavy atom. The number of nitrogens with one attached hydrogen (secondary N) is 2. The molecule has 0 saturated heterocycles. The summed E-state index contributed by atoms with van der Waals surface area (Å²) in [6.07, 6.45) is 3.94. The maximum absolute atomic E-state index is 13.5. The van der Waals surface area contributed by atoms with E-state index in [9.17, 15) is 14.4 Å². The molecular formula is C23H29N5O4. The Hall–Kier alpha value is -3.36. The minimum atomic E-state index is -1.09. The summed E-state index contributed by atoms with van der Waals surface area (Å²) in [7, 11) is 1.59. The zero-order valence-corrected chi connectivity index (χ0v) is 18.7. The van der Waals surface area contributed by atoms with Crippen molar-refractivity contribution in [2.75, 3.05) is 13.7 Å². The van der Waals surface area contributed by atoms with Gasteiger partial charge in [0.15, 0.2) is 5.69 Å². The molecular weight excluding hydrogens is 410 g/mol. The molecule has 1 atom stereocenters. The molecule has 3 amide bonds. The van der Waals surface area contributed by atoms with Crippen LogP contribution in [0.4, 0.5) is 0 Å². The van der Waals surface area contributed by atoms with Gasteiger partial charge in [-0.25, -0.2) is 4.98 Å². The molecule has 2 aliphatic rings. The number of hydrogen-bond acceptors (Lipinski definition) is 5. The highest BCUT2D eigenvalue weighted by molar-refractivity contribution is 6.07. The highest BCUT2D eigenvalue weighted by Crippen LogP contribution is 2.39. The number of rotatable bonds is 8.